The van der Waals surface area contributed by atoms with Gasteiger partial charge in [0.15, 0.2) is 0 Å². The molecule has 21 heavy (non-hydrogen) atoms. The number of rotatable bonds is 5. The molecule has 0 saturated carbocycles. The average molecular weight is 291 g/mol. The Balaban J connectivity index is 2.24. The lowest BCUT2D eigenvalue weighted by molar-refractivity contribution is 0.0696. The van der Waals surface area contributed by atoms with Crippen molar-refractivity contribution in [2.45, 2.75) is 39.7 Å². The number of aromatic carboxylic acids is 1. The van der Waals surface area contributed by atoms with Crippen LogP contribution in [-0.4, -0.2) is 53.2 Å². The Bertz CT molecular complexity index is 504. The van der Waals surface area contributed by atoms with E-state index in [0.29, 0.717) is 11.6 Å². The van der Waals surface area contributed by atoms with Crippen molar-refractivity contribution in [2.75, 3.05) is 31.1 Å². The molecule has 1 aromatic heterocycles. The molecule has 1 fully saturated rings. The van der Waals surface area contributed by atoms with Crippen LogP contribution in [0.5, 0.6) is 0 Å². The van der Waals surface area contributed by atoms with E-state index < -0.39 is 5.97 Å². The van der Waals surface area contributed by atoms with Gasteiger partial charge in [0.2, 0.25) is 0 Å². The predicted octanol–water partition coefficient (Wildman–Crippen LogP) is 2.26. The van der Waals surface area contributed by atoms with Crippen LogP contribution >= 0.6 is 0 Å². The molecule has 0 radical (unpaired) electrons. The summed E-state index contributed by atoms with van der Waals surface area (Å²) in [6.07, 6.45) is 1.79. The quantitative estimate of drug-likeness (QED) is 0.902. The van der Waals surface area contributed by atoms with Crippen molar-refractivity contribution in [2.24, 2.45) is 0 Å². The van der Waals surface area contributed by atoms with E-state index in [1.54, 1.807) is 12.1 Å². The summed E-state index contributed by atoms with van der Waals surface area (Å²) in [6.45, 7) is 10.3. The van der Waals surface area contributed by atoms with Crippen LogP contribution in [0, 0.1) is 0 Å². The minimum atomic E-state index is -0.878. The zero-order valence-corrected chi connectivity index (χ0v) is 13.2. The van der Waals surface area contributed by atoms with Crippen LogP contribution < -0.4 is 4.90 Å². The average Bonchev–Trinajstić information content (AvgIpc) is 2.47. The molecular weight excluding hydrogens is 266 g/mol. The number of nitrogens with zero attached hydrogens (tertiary/aromatic N) is 3. The van der Waals surface area contributed by atoms with Crippen LogP contribution in [0.15, 0.2) is 12.1 Å². The van der Waals surface area contributed by atoms with Crippen LogP contribution in [0.1, 0.15) is 43.2 Å². The van der Waals surface area contributed by atoms with Gasteiger partial charge in [-0.2, -0.15) is 0 Å². The van der Waals surface area contributed by atoms with Gasteiger partial charge in [-0.15, -0.1) is 0 Å². The number of hydrogen-bond donors (Lipinski definition) is 1. The Morgan fingerprint density at radius 1 is 1.38 bits per heavy atom. The lowest BCUT2D eigenvalue weighted by Crippen LogP contribution is -2.52. The van der Waals surface area contributed by atoms with Crippen molar-refractivity contribution < 1.29 is 9.90 Å². The molecule has 1 atom stereocenters. The minimum absolute atomic E-state index is 0.342. The summed E-state index contributed by atoms with van der Waals surface area (Å²) in [5, 5.41) is 9.28. The summed E-state index contributed by atoms with van der Waals surface area (Å²) in [5.74, 6) is -0.0720. The van der Waals surface area contributed by atoms with Gasteiger partial charge in [-0.1, -0.05) is 20.3 Å². The van der Waals surface area contributed by atoms with Crippen LogP contribution in [0.2, 0.25) is 0 Å². The van der Waals surface area contributed by atoms with Crippen LogP contribution in [0.4, 0.5) is 5.82 Å². The molecule has 1 aromatic rings. The maximum absolute atomic E-state index is 11.3. The normalized spacial score (nSPS) is 19.8. The Labute approximate surface area is 126 Å². The molecule has 1 aliphatic heterocycles. The van der Waals surface area contributed by atoms with Gasteiger partial charge in [0.05, 0.1) is 5.56 Å². The third-order valence-corrected chi connectivity index (χ3v) is 4.11. The molecule has 1 N–H and O–H groups in total. The number of anilines is 1. The van der Waals surface area contributed by atoms with Crippen molar-refractivity contribution in [1.82, 2.24) is 9.88 Å². The summed E-state index contributed by atoms with van der Waals surface area (Å²) >= 11 is 0. The fourth-order valence-corrected chi connectivity index (χ4v) is 2.91. The molecule has 1 aliphatic rings. The standard InChI is InChI=1S/C16H25N3O2/c1-4-6-14-9-13(16(20)21)10-15(17-14)19-8-7-18(5-2)12(3)11-19/h9-10,12H,4-8,11H2,1-3H3,(H,20,21). The van der Waals surface area contributed by atoms with E-state index in [2.05, 4.69) is 35.6 Å². The number of carboxylic acids is 1. The largest absolute Gasteiger partial charge is 0.478 e. The smallest absolute Gasteiger partial charge is 0.335 e. The third-order valence-electron chi connectivity index (χ3n) is 4.11. The number of aromatic nitrogens is 1. The first-order chi connectivity index (χ1) is 10.0. The summed E-state index contributed by atoms with van der Waals surface area (Å²) in [7, 11) is 0. The molecule has 2 rings (SSSR count). The maximum Gasteiger partial charge on any atom is 0.335 e. The molecule has 2 heterocycles. The van der Waals surface area contributed by atoms with E-state index in [9.17, 15) is 9.90 Å². The van der Waals surface area contributed by atoms with Crippen molar-refractivity contribution in [3.05, 3.63) is 23.4 Å². The zero-order chi connectivity index (χ0) is 15.4. The second-order valence-corrected chi connectivity index (χ2v) is 5.68. The number of carboxylic acid groups (broad SMARTS) is 1. The first-order valence-corrected chi connectivity index (χ1v) is 7.78. The lowest BCUT2D eigenvalue weighted by atomic mass is 10.1. The van der Waals surface area contributed by atoms with E-state index in [-0.39, 0.29) is 0 Å². The monoisotopic (exact) mass is 291 g/mol. The second-order valence-electron chi connectivity index (χ2n) is 5.68. The van der Waals surface area contributed by atoms with E-state index in [0.717, 1.165) is 50.5 Å². The highest BCUT2D eigenvalue weighted by Gasteiger charge is 2.24. The Hall–Kier alpha value is -1.62. The molecule has 0 spiro atoms. The van der Waals surface area contributed by atoms with Crippen molar-refractivity contribution in [3.63, 3.8) is 0 Å². The second kappa shape index (κ2) is 6.89. The lowest BCUT2D eigenvalue weighted by Gasteiger charge is -2.40. The highest BCUT2D eigenvalue weighted by atomic mass is 16.4. The molecule has 0 aromatic carbocycles. The molecular formula is C16H25N3O2. The van der Waals surface area contributed by atoms with E-state index in [4.69, 9.17) is 0 Å². The first kappa shape index (κ1) is 15.8. The number of carbonyl (C=O) groups is 1. The van der Waals surface area contributed by atoms with Crippen molar-refractivity contribution in [3.8, 4) is 0 Å². The number of likely N-dealkylation sites (N-methyl/N-ethyl adjacent to an activating group) is 1. The summed E-state index contributed by atoms with van der Waals surface area (Å²) in [5.41, 5.74) is 1.21. The number of hydrogen-bond acceptors (Lipinski definition) is 4. The summed E-state index contributed by atoms with van der Waals surface area (Å²) in [4.78, 5) is 20.6. The topological polar surface area (TPSA) is 56.7 Å². The fraction of sp³-hybridized carbons (Fsp3) is 0.625. The number of piperazine rings is 1. The van der Waals surface area contributed by atoms with Gasteiger partial charge < -0.3 is 10.0 Å². The van der Waals surface area contributed by atoms with Crippen LogP contribution in [0.25, 0.3) is 0 Å². The highest BCUT2D eigenvalue weighted by molar-refractivity contribution is 5.88. The Morgan fingerprint density at radius 3 is 2.71 bits per heavy atom. The molecule has 0 amide bonds. The Morgan fingerprint density at radius 2 is 2.14 bits per heavy atom. The SMILES string of the molecule is CCCc1cc(C(=O)O)cc(N2CCN(CC)C(C)C2)n1. The van der Waals surface area contributed by atoms with Gasteiger partial charge in [-0.05, 0) is 32.0 Å². The number of pyridine rings is 1. The van der Waals surface area contributed by atoms with Gasteiger partial charge in [0.25, 0.3) is 0 Å². The number of aryl methyl sites for hydroxylation is 1. The van der Waals surface area contributed by atoms with Gasteiger partial charge in [-0.3, -0.25) is 4.90 Å². The first-order valence-electron chi connectivity index (χ1n) is 7.78. The van der Waals surface area contributed by atoms with E-state index in [1.165, 1.54) is 0 Å². The molecule has 0 bridgehead atoms. The maximum atomic E-state index is 11.3. The molecule has 1 saturated heterocycles. The van der Waals surface area contributed by atoms with Gasteiger partial charge in [0.1, 0.15) is 5.82 Å². The van der Waals surface area contributed by atoms with Gasteiger partial charge in [0, 0.05) is 31.4 Å². The molecule has 1 unspecified atom stereocenters. The summed E-state index contributed by atoms with van der Waals surface area (Å²) in [6, 6.07) is 3.87. The van der Waals surface area contributed by atoms with Crippen LogP contribution in [-0.2, 0) is 6.42 Å². The summed E-state index contributed by atoms with van der Waals surface area (Å²) < 4.78 is 0. The van der Waals surface area contributed by atoms with E-state index in [1.807, 2.05) is 0 Å². The van der Waals surface area contributed by atoms with Crippen molar-refractivity contribution >= 4 is 11.8 Å². The molecule has 116 valence electrons. The third kappa shape index (κ3) is 3.73. The van der Waals surface area contributed by atoms with Crippen molar-refractivity contribution in [1.29, 1.82) is 0 Å². The van der Waals surface area contributed by atoms with E-state index >= 15 is 0 Å². The molecule has 0 aliphatic carbocycles. The molecule has 5 heteroatoms. The Kier molecular flexibility index (Phi) is 5.17. The minimum Gasteiger partial charge on any atom is -0.478 e. The van der Waals surface area contributed by atoms with Gasteiger partial charge in [-0.25, -0.2) is 9.78 Å². The van der Waals surface area contributed by atoms with Crippen LogP contribution in [0.3, 0.4) is 0 Å². The van der Waals surface area contributed by atoms with Gasteiger partial charge >= 0.3 is 5.97 Å². The highest BCUT2D eigenvalue weighted by Crippen LogP contribution is 2.20. The fourth-order valence-electron chi connectivity index (χ4n) is 2.91. The zero-order valence-electron chi connectivity index (χ0n) is 13.2. The predicted molar refractivity (Wildman–Crippen MR) is 84.1 cm³/mol. The molecule has 5 nitrogen and oxygen atoms in total.